The summed E-state index contributed by atoms with van der Waals surface area (Å²) in [5, 5.41) is 3.70. The number of hydrogen-bond donors (Lipinski definition) is 2. The molecule has 4 aromatic heterocycles. The first kappa shape index (κ1) is 22.1. The van der Waals surface area contributed by atoms with Crippen molar-refractivity contribution in [2.24, 2.45) is 0 Å². The zero-order valence-electron chi connectivity index (χ0n) is 18.3. The van der Waals surface area contributed by atoms with Crippen molar-refractivity contribution in [1.82, 2.24) is 24.8 Å². The van der Waals surface area contributed by atoms with E-state index in [1.165, 1.54) is 22.9 Å². The lowest BCUT2D eigenvalue weighted by atomic mass is 10.1. The number of fused-ring (bicyclic) bond motifs is 1. The zero-order chi connectivity index (χ0) is 24.4. The number of carbonyl (C=O) groups is 1. The predicted molar refractivity (Wildman–Crippen MR) is 127 cm³/mol. The molecule has 5 aromatic rings. The molecule has 0 unspecified atom stereocenters. The second-order valence-electron chi connectivity index (χ2n) is 7.94. The topological polar surface area (TPSA) is 92.7 Å². The Morgan fingerprint density at radius 1 is 0.971 bits per heavy atom. The van der Waals surface area contributed by atoms with E-state index in [-0.39, 0.29) is 18.7 Å². The molecule has 0 radical (unpaired) electrons. The van der Waals surface area contributed by atoms with Crippen molar-refractivity contribution >= 4 is 16.9 Å². The van der Waals surface area contributed by atoms with Crippen LogP contribution >= 0.6 is 0 Å². The van der Waals surface area contributed by atoms with Gasteiger partial charge in [-0.15, -0.1) is 0 Å². The van der Waals surface area contributed by atoms with Gasteiger partial charge in [-0.2, -0.15) is 0 Å². The molecule has 35 heavy (non-hydrogen) atoms. The maximum Gasteiger partial charge on any atom is 0.263 e. The smallest absolute Gasteiger partial charge is 0.263 e. The molecular weight excluding hydrogens is 452 g/mol. The summed E-state index contributed by atoms with van der Waals surface area (Å²) in [6.45, 7) is 0.191. The lowest BCUT2D eigenvalue weighted by Gasteiger charge is -2.10. The average Bonchev–Trinajstić information content (AvgIpc) is 3.30. The van der Waals surface area contributed by atoms with Crippen molar-refractivity contribution in [3.63, 3.8) is 0 Å². The Bertz CT molecular complexity index is 1610. The van der Waals surface area contributed by atoms with E-state index in [2.05, 4.69) is 20.3 Å². The van der Waals surface area contributed by atoms with Crippen LogP contribution in [-0.2, 0) is 13.1 Å². The van der Waals surface area contributed by atoms with Gasteiger partial charge < -0.3 is 14.9 Å². The third-order valence-electron chi connectivity index (χ3n) is 5.61. The number of carbonyl (C=O) groups excluding carboxylic acids is 1. The first-order valence-electron chi connectivity index (χ1n) is 10.8. The van der Waals surface area contributed by atoms with Crippen LogP contribution in [0.1, 0.15) is 21.5 Å². The van der Waals surface area contributed by atoms with Crippen molar-refractivity contribution in [1.29, 1.82) is 0 Å². The summed E-state index contributed by atoms with van der Waals surface area (Å²) in [7, 11) is 0. The third-order valence-corrected chi connectivity index (χ3v) is 5.61. The molecule has 1 amide bonds. The summed E-state index contributed by atoms with van der Waals surface area (Å²) in [5.41, 5.74) is 3.00. The van der Waals surface area contributed by atoms with Crippen LogP contribution in [0.4, 0.5) is 8.78 Å². The van der Waals surface area contributed by atoms with Gasteiger partial charge in [-0.3, -0.25) is 14.6 Å². The van der Waals surface area contributed by atoms with Crippen LogP contribution in [0.25, 0.3) is 22.3 Å². The van der Waals surface area contributed by atoms with Gasteiger partial charge in [0.2, 0.25) is 0 Å². The summed E-state index contributed by atoms with van der Waals surface area (Å²) in [4.78, 5) is 37.4. The molecule has 2 N–H and O–H groups in total. The molecule has 0 saturated heterocycles. The van der Waals surface area contributed by atoms with Crippen molar-refractivity contribution in [3.8, 4) is 11.3 Å². The molecule has 0 aliphatic carbocycles. The average molecular weight is 471 g/mol. The number of nitrogens with zero attached hydrogens (tertiary/aromatic N) is 3. The molecule has 0 aliphatic rings. The van der Waals surface area contributed by atoms with Gasteiger partial charge in [0.1, 0.15) is 11.2 Å². The summed E-state index contributed by atoms with van der Waals surface area (Å²) in [6, 6.07) is 13.9. The highest BCUT2D eigenvalue weighted by Gasteiger charge is 2.14. The second-order valence-corrected chi connectivity index (χ2v) is 7.94. The van der Waals surface area contributed by atoms with E-state index >= 15 is 0 Å². The number of halogens is 2. The minimum atomic E-state index is -0.995. The summed E-state index contributed by atoms with van der Waals surface area (Å²) in [5.74, 6) is -2.50. The van der Waals surface area contributed by atoms with Crippen LogP contribution in [0.3, 0.4) is 0 Å². The highest BCUT2D eigenvalue weighted by molar-refractivity contribution is 5.94. The molecule has 0 saturated carbocycles. The lowest BCUT2D eigenvalue weighted by Crippen LogP contribution is -2.32. The minimum Gasteiger partial charge on any atom is -0.348 e. The van der Waals surface area contributed by atoms with Crippen molar-refractivity contribution < 1.29 is 13.6 Å². The summed E-state index contributed by atoms with van der Waals surface area (Å²) in [6.07, 6.45) is 6.69. The fourth-order valence-electron chi connectivity index (χ4n) is 3.85. The molecule has 4 heterocycles. The maximum atomic E-state index is 13.5. The Morgan fingerprint density at radius 3 is 2.71 bits per heavy atom. The monoisotopic (exact) mass is 471 g/mol. The fraction of sp³-hybridized carbons (Fsp3) is 0.0769. The van der Waals surface area contributed by atoms with Crippen LogP contribution in [0.5, 0.6) is 0 Å². The Hall–Kier alpha value is -4.66. The van der Waals surface area contributed by atoms with E-state index in [1.807, 2.05) is 24.4 Å². The van der Waals surface area contributed by atoms with Crippen LogP contribution in [0.2, 0.25) is 0 Å². The number of pyridine rings is 3. The number of benzene rings is 1. The molecular formula is C26H19F2N5O2. The van der Waals surface area contributed by atoms with Crippen LogP contribution < -0.4 is 10.9 Å². The molecule has 0 bridgehead atoms. The van der Waals surface area contributed by atoms with E-state index in [0.717, 1.165) is 40.0 Å². The van der Waals surface area contributed by atoms with Crippen molar-refractivity contribution in [2.75, 3.05) is 0 Å². The number of H-pyrrole nitrogens is 1. The minimum absolute atomic E-state index is 0.00431. The number of nitrogens with one attached hydrogen (secondary N) is 2. The van der Waals surface area contributed by atoms with Gasteiger partial charge in [0, 0.05) is 42.3 Å². The van der Waals surface area contributed by atoms with Gasteiger partial charge in [-0.25, -0.2) is 13.8 Å². The Morgan fingerprint density at radius 2 is 1.86 bits per heavy atom. The molecule has 0 atom stereocenters. The number of aromatic amines is 1. The third kappa shape index (κ3) is 4.56. The van der Waals surface area contributed by atoms with Gasteiger partial charge in [0.15, 0.2) is 11.6 Å². The van der Waals surface area contributed by atoms with E-state index < -0.39 is 23.1 Å². The van der Waals surface area contributed by atoms with Gasteiger partial charge in [0.25, 0.3) is 11.5 Å². The first-order valence-corrected chi connectivity index (χ1v) is 10.8. The molecule has 0 aliphatic heterocycles. The van der Waals surface area contributed by atoms with Gasteiger partial charge in [-0.1, -0.05) is 6.07 Å². The standard InChI is InChI=1S/C26H19F2N5O2/c27-21-6-5-17(11-22(21)28)15-33-10-2-4-19(26(33)35)25(34)32-13-16-7-9-29-23(12-16)20-14-31-24-18(20)3-1-8-30-24/h1-12,14H,13,15H2,(H,30,31)(H,32,34). The Labute approximate surface area is 198 Å². The van der Waals surface area contributed by atoms with E-state index in [1.54, 1.807) is 24.5 Å². The van der Waals surface area contributed by atoms with Gasteiger partial charge in [0.05, 0.1) is 12.2 Å². The van der Waals surface area contributed by atoms with E-state index in [9.17, 15) is 18.4 Å². The summed E-state index contributed by atoms with van der Waals surface area (Å²) < 4.78 is 28.0. The second kappa shape index (κ2) is 9.30. The predicted octanol–water partition coefficient (Wildman–Crippen LogP) is 4.04. The van der Waals surface area contributed by atoms with Crippen LogP contribution in [-0.4, -0.2) is 25.4 Å². The zero-order valence-corrected chi connectivity index (χ0v) is 18.3. The molecule has 9 heteroatoms. The number of rotatable bonds is 6. The lowest BCUT2D eigenvalue weighted by molar-refractivity contribution is 0.0948. The molecule has 7 nitrogen and oxygen atoms in total. The highest BCUT2D eigenvalue weighted by atomic mass is 19.2. The molecule has 5 rings (SSSR count). The number of aromatic nitrogens is 4. The van der Waals surface area contributed by atoms with Gasteiger partial charge in [-0.05, 0) is 59.7 Å². The quantitative estimate of drug-likeness (QED) is 0.391. The largest absolute Gasteiger partial charge is 0.348 e. The molecule has 174 valence electrons. The molecule has 0 fully saturated rings. The van der Waals surface area contributed by atoms with Crippen molar-refractivity contribution in [3.05, 3.63) is 118 Å². The Balaban J connectivity index is 1.32. The number of amides is 1. The van der Waals surface area contributed by atoms with Crippen LogP contribution in [0.15, 0.2) is 84.2 Å². The molecule has 0 spiro atoms. The van der Waals surface area contributed by atoms with Gasteiger partial charge >= 0.3 is 0 Å². The van der Waals surface area contributed by atoms with Crippen LogP contribution in [0, 0.1) is 11.6 Å². The van der Waals surface area contributed by atoms with E-state index in [0.29, 0.717) is 5.56 Å². The maximum absolute atomic E-state index is 13.5. The Kier molecular flexibility index (Phi) is 5.88. The first-order chi connectivity index (χ1) is 17.0. The SMILES string of the molecule is O=C(NCc1ccnc(-c2c[nH]c3ncccc23)c1)c1cccn(Cc2ccc(F)c(F)c2)c1=O. The fourth-order valence-corrected chi connectivity index (χ4v) is 3.85. The van der Waals surface area contributed by atoms with Crippen molar-refractivity contribution in [2.45, 2.75) is 13.1 Å². The molecule has 1 aromatic carbocycles. The summed E-state index contributed by atoms with van der Waals surface area (Å²) >= 11 is 0. The van der Waals surface area contributed by atoms with E-state index in [4.69, 9.17) is 0 Å². The highest BCUT2D eigenvalue weighted by Crippen LogP contribution is 2.26. The number of hydrogen-bond acceptors (Lipinski definition) is 4. The normalized spacial score (nSPS) is 11.0.